The van der Waals surface area contributed by atoms with Crippen molar-refractivity contribution in [2.24, 2.45) is 10.9 Å². The standard InChI is InChI=1S/C25H21F4N3O3S/c26-19-12-16(1-4-21(19)35-20-3-2-17(14-30)11-18(20)25(27,28)29)13-22-23(33)32-24(36-22)31-8-5-15-6-9-34-10-7-15/h1-4,11-13,15H,5-10H2,(H,31,32,33). The zero-order valence-corrected chi connectivity index (χ0v) is 19.7. The van der Waals surface area contributed by atoms with Gasteiger partial charge in [0, 0.05) is 19.8 Å². The third kappa shape index (κ3) is 6.44. The number of rotatable bonds is 6. The SMILES string of the molecule is N#Cc1ccc(Oc2ccc(C=C3SC(NCCC4CCOCC4)=NC3=O)cc2F)c(C(F)(F)F)c1. The normalized spacial score (nSPS) is 17.7. The van der Waals surface area contributed by atoms with Crippen molar-refractivity contribution in [1.29, 1.82) is 5.26 Å². The summed E-state index contributed by atoms with van der Waals surface area (Å²) < 4.78 is 65.3. The molecule has 36 heavy (non-hydrogen) atoms. The first-order chi connectivity index (χ1) is 17.2. The highest BCUT2D eigenvalue weighted by atomic mass is 32.2. The third-order valence-electron chi connectivity index (χ3n) is 5.68. The van der Waals surface area contributed by atoms with Gasteiger partial charge < -0.3 is 14.8 Å². The number of benzene rings is 2. The molecule has 1 amide bonds. The van der Waals surface area contributed by atoms with Gasteiger partial charge in [-0.1, -0.05) is 6.07 Å². The first kappa shape index (κ1) is 25.7. The maximum atomic E-state index is 14.7. The molecule has 0 bridgehead atoms. The molecular weight excluding hydrogens is 498 g/mol. The molecule has 2 aromatic rings. The number of hydrogen-bond donors (Lipinski definition) is 1. The largest absolute Gasteiger partial charge is 0.454 e. The van der Waals surface area contributed by atoms with E-state index in [-0.39, 0.29) is 5.56 Å². The fraction of sp³-hybridized carbons (Fsp3) is 0.320. The van der Waals surface area contributed by atoms with Crippen molar-refractivity contribution in [3.63, 3.8) is 0 Å². The van der Waals surface area contributed by atoms with Gasteiger partial charge in [0.15, 0.2) is 16.7 Å². The minimum Gasteiger partial charge on any atom is -0.454 e. The molecule has 0 saturated carbocycles. The maximum absolute atomic E-state index is 14.7. The van der Waals surface area contributed by atoms with Crippen molar-refractivity contribution in [3.8, 4) is 17.6 Å². The van der Waals surface area contributed by atoms with Crippen molar-refractivity contribution >= 4 is 28.9 Å². The lowest BCUT2D eigenvalue weighted by atomic mass is 9.97. The Morgan fingerprint density at radius 1 is 1.19 bits per heavy atom. The molecule has 4 rings (SSSR count). The molecule has 1 fully saturated rings. The molecule has 188 valence electrons. The topological polar surface area (TPSA) is 83.7 Å². The molecule has 0 aliphatic carbocycles. The Morgan fingerprint density at radius 2 is 1.94 bits per heavy atom. The van der Waals surface area contributed by atoms with Gasteiger partial charge in [0.1, 0.15) is 5.75 Å². The molecule has 0 radical (unpaired) electrons. The van der Waals surface area contributed by atoms with Gasteiger partial charge >= 0.3 is 6.18 Å². The van der Waals surface area contributed by atoms with Gasteiger partial charge in [0.2, 0.25) is 0 Å². The first-order valence-electron chi connectivity index (χ1n) is 11.2. The van der Waals surface area contributed by atoms with Crippen LogP contribution in [0, 0.1) is 23.1 Å². The van der Waals surface area contributed by atoms with Gasteiger partial charge in [0.05, 0.1) is 22.1 Å². The molecule has 6 nitrogen and oxygen atoms in total. The summed E-state index contributed by atoms with van der Waals surface area (Å²) in [5.74, 6) is -1.85. The van der Waals surface area contributed by atoms with E-state index in [4.69, 9.17) is 14.7 Å². The Bertz CT molecular complexity index is 1250. The summed E-state index contributed by atoms with van der Waals surface area (Å²) >= 11 is 1.14. The number of nitriles is 1. The summed E-state index contributed by atoms with van der Waals surface area (Å²) in [4.78, 5) is 16.5. The molecular formula is C25H21F4N3O3S. The fourth-order valence-corrected chi connectivity index (χ4v) is 4.61. The van der Waals surface area contributed by atoms with Crippen LogP contribution in [0.2, 0.25) is 0 Å². The van der Waals surface area contributed by atoms with Gasteiger partial charge in [-0.15, -0.1) is 0 Å². The minimum absolute atomic E-state index is 0.199. The molecule has 0 unspecified atom stereocenters. The minimum atomic E-state index is -4.79. The predicted molar refractivity (Wildman–Crippen MR) is 127 cm³/mol. The monoisotopic (exact) mass is 519 g/mol. The number of halogens is 4. The number of aliphatic imine (C=N–C) groups is 1. The number of hydrogen-bond acceptors (Lipinski definition) is 6. The molecule has 0 spiro atoms. The summed E-state index contributed by atoms with van der Waals surface area (Å²) in [5.41, 5.74) is -1.06. The van der Waals surface area contributed by atoms with E-state index in [1.54, 1.807) is 6.07 Å². The molecule has 0 atom stereocenters. The highest BCUT2D eigenvalue weighted by molar-refractivity contribution is 8.18. The van der Waals surface area contributed by atoms with Crippen LogP contribution in [0.5, 0.6) is 11.5 Å². The Kier molecular flexibility index (Phi) is 7.96. The number of thioether (sulfide) groups is 1. The zero-order valence-electron chi connectivity index (χ0n) is 18.9. The van der Waals surface area contributed by atoms with Crippen LogP contribution in [0.1, 0.15) is 36.0 Å². The average molecular weight is 520 g/mol. The molecule has 2 aromatic carbocycles. The highest BCUT2D eigenvalue weighted by Gasteiger charge is 2.35. The lowest BCUT2D eigenvalue weighted by molar-refractivity contribution is -0.138. The Balaban J connectivity index is 1.40. The number of amidine groups is 1. The molecule has 0 aromatic heterocycles. The summed E-state index contributed by atoms with van der Waals surface area (Å²) in [6, 6.07) is 8.06. The number of nitrogens with one attached hydrogen (secondary N) is 1. The van der Waals surface area contributed by atoms with E-state index in [0.29, 0.717) is 34.2 Å². The molecule has 11 heteroatoms. The molecule has 1 saturated heterocycles. The molecule has 2 aliphatic heterocycles. The summed E-state index contributed by atoms with van der Waals surface area (Å²) in [5, 5.41) is 12.5. The van der Waals surface area contributed by atoms with Crippen LogP contribution < -0.4 is 10.1 Å². The lowest BCUT2D eigenvalue weighted by Crippen LogP contribution is -2.24. The van der Waals surface area contributed by atoms with Crippen LogP contribution in [-0.4, -0.2) is 30.8 Å². The van der Waals surface area contributed by atoms with Crippen LogP contribution in [0.15, 0.2) is 46.3 Å². The van der Waals surface area contributed by atoms with E-state index in [9.17, 15) is 22.4 Å². The average Bonchev–Trinajstić information content (AvgIpc) is 3.19. The van der Waals surface area contributed by atoms with E-state index < -0.39 is 35.0 Å². The third-order valence-corrected chi connectivity index (χ3v) is 6.62. The number of carbonyl (C=O) groups is 1. The van der Waals surface area contributed by atoms with E-state index in [1.165, 1.54) is 18.2 Å². The van der Waals surface area contributed by atoms with Crippen LogP contribution in [0.4, 0.5) is 17.6 Å². The second kappa shape index (κ2) is 11.1. The fourth-order valence-electron chi connectivity index (χ4n) is 3.77. The Morgan fingerprint density at radius 3 is 2.64 bits per heavy atom. The van der Waals surface area contributed by atoms with Crippen LogP contribution in [0.25, 0.3) is 6.08 Å². The number of nitrogens with zero attached hydrogens (tertiary/aromatic N) is 2. The molecule has 1 N–H and O–H groups in total. The smallest absolute Gasteiger partial charge is 0.420 e. The summed E-state index contributed by atoms with van der Waals surface area (Å²) in [6.07, 6.45) is -0.365. The number of carbonyl (C=O) groups excluding carboxylic acids is 1. The van der Waals surface area contributed by atoms with E-state index in [2.05, 4.69) is 10.3 Å². The Hall–Kier alpha value is -3.36. The molecule has 2 heterocycles. The van der Waals surface area contributed by atoms with Crippen LogP contribution >= 0.6 is 11.8 Å². The predicted octanol–water partition coefficient (Wildman–Crippen LogP) is 5.89. The number of amides is 1. The van der Waals surface area contributed by atoms with Gasteiger partial charge in [-0.2, -0.15) is 23.4 Å². The Labute approximate surface area is 209 Å². The van der Waals surface area contributed by atoms with Crippen molar-refractivity contribution in [3.05, 3.63) is 63.8 Å². The highest BCUT2D eigenvalue weighted by Crippen LogP contribution is 2.39. The van der Waals surface area contributed by atoms with Gasteiger partial charge in [-0.3, -0.25) is 4.79 Å². The van der Waals surface area contributed by atoms with Crippen molar-refractivity contribution in [2.45, 2.75) is 25.4 Å². The molecule has 2 aliphatic rings. The number of ether oxygens (including phenoxy) is 2. The van der Waals surface area contributed by atoms with Crippen LogP contribution in [-0.2, 0) is 15.7 Å². The second-order valence-electron chi connectivity index (χ2n) is 8.22. The number of alkyl halides is 3. The van der Waals surface area contributed by atoms with E-state index in [0.717, 1.165) is 62.4 Å². The summed E-state index contributed by atoms with van der Waals surface area (Å²) in [6.45, 7) is 2.21. The summed E-state index contributed by atoms with van der Waals surface area (Å²) in [7, 11) is 0. The lowest BCUT2D eigenvalue weighted by Gasteiger charge is -2.21. The van der Waals surface area contributed by atoms with Crippen LogP contribution in [0.3, 0.4) is 0 Å². The van der Waals surface area contributed by atoms with Gasteiger partial charge in [0.25, 0.3) is 5.91 Å². The van der Waals surface area contributed by atoms with Crippen molar-refractivity contribution in [2.75, 3.05) is 19.8 Å². The van der Waals surface area contributed by atoms with E-state index in [1.807, 2.05) is 0 Å². The quantitative estimate of drug-likeness (QED) is 0.379. The van der Waals surface area contributed by atoms with E-state index >= 15 is 0 Å². The van der Waals surface area contributed by atoms with Gasteiger partial charge in [-0.25, -0.2) is 4.39 Å². The zero-order chi connectivity index (χ0) is 25.7. The first-order valence-corrected chi connectivity index (χ1v) is 12.0. The van der Waals surface area contributed by atoms with Crippen molar-refractivity contribution in [1.82, 2.24) is 5.32 Å². The maximum Gasteiger partial charge on any atom is 0.420 e. The van der Waals surface area contributed by atoms with Gasteiger partial charge in [-0.05, 0) is 78.9 Å². The second-order valence-corrected chi connectivity index (χ2v) is 9.25. The van der Waals surface area contributed by atoms with Crippen molar-refractivity contribution < 1.29 is 31.8 Å².